The van der Waals surface area contributed by atoms with Crippen LogP contribution in [0.3, 0.4) is 0 Å². The highest BCUT2D eigenvalue weighted by Crippen LogP contribution is 2.27. The Morgan fingerprint density at radius 2 is 2.00 bits per heavy atom. The third kappa shape index (κ3) is 2.72. The number of anilines is 1. The first-order chi connectivity index (χ1) is 7.10. The maximum Gasteiger partial charge on any atom is 0.335 e. The summed E-state index contributed by atoms with van der Waals surface area (Å²) in [6, 6.07) is 5.07. The Morgan fingerprint density at radius 3 is 2.47 bits per heavy atom. The minimum atomic E-state index is -0.893. The van der Waals surface area contributed by atoms with E-state index in [0.717, 1.165) is 23.2 Å². The first kappa shape index (κ1) is 12.0. The van der Waals surface area contributed by atoms with Crippen molar-refractivity contribution in [2.75, 3.05) is 18.0 Å². The number of carboxylic acid groups (broad SMARTS) is 1. The molecule has 0 atom stereocenters. The minimum Gasteiger partial charge on any atom is -0.478 e. The van der Waals surface area contributed by atoms with Gasteiger partial charge in [0.1, 0.15) is 0 Å². The highest BCUT2D eigenvalue weighted by molar-refractivity contribution is 9.10. The normalized spacial score (nSPS) is 10.1. The fourth-order valence-corrected chi connectivity index (χ4v) is 1.95. The number of halogens is 1. The first-order valence-corrected chi connectivity index (χ1v) is 5.67. The summed E-state index contributed by atoms with van der Waals surface area (Å²) in [4.78, 5) is 12.9. The Kier molecular flexibility index (Phi) is 4.15. The van der Waals surface area contributed by atoms with Crippen molar-refractivity contribution in [3.8, 4) is 0 Å². The zero-order valence-corrected chi connectivity index (χ0v) is 10.4. The van der Waals surface area contributed by atoms with Gasteiger partial charge in [0.15, 0.2) is 0 Å². The fraction of sp³-hybridized carbons (Fsp3) is 0.364. The zero-order valence-electron chi connectivity index (χ0n) is 8.83. The molecule has 0 aliphatic heterocycles. The summed E-state index contributed by atoms with van der Waals surface area (Å²) in [6.07, 6.45) is 0. The summed E-state index contributed by atoms with van der Waals surface area (Å²) in [7, 11) is 0. The van der Waals surface area contributed by atoms with Crippen LogP contribution in [0.25, 0.3) is 0 Å². The number of aromatic carboxylic acids is 1. The number of carbonyl (C=O) groups is 1. The van der Waals surface area contributed by atoms with E-state index in [1.54, 1.807) is 18.2 Å². The van der Waals surface area contributed by atoms with Gasteiger partial charge in [-0.3, -0.25) is 0 Å². The van der Waals surface area contributed by atoms with Crippen LogP contribution in [0.1, 0.15) is 24.2 Å². The van der Waals surface area contributed by atoms with Gasteiger partial charge in [0, 0.05) is 17.6 Å². The lowest BCUT2D eigenvalue weighted by Crippen LogP contribution is -2.22. The van der Waals surface area contributed by atoms with Crippen molar-refractivity contribution in [3.05, 3.63) is 28.2 Å². The summed E-state index contributed by atoms with van der Waals surface area (Å²) in [5, 5.41) is 8.89. The van der Waals surface area contributed by atoms with Crippen molar-refractivity contribution in [1.82, 2.24) is 0 Å². The molecule has 0 saturated heterocycles. The van der Waals surface area contributed by atoms with E-state index in [2.05, 4.69) is 20.8 Å². The smallest absolute Gasteiger partial charge is 0.335 e. The molecule has 1 aromatic carbocycles. The predicted octanol–water partition coefficient (Wildman–Crippen LogP) is 2.99. The molecule has 0 heterocycles. The van der Waals surface area contributed by atoms with E-state index < -0.39 is 5.97 Å². The molecule has 4 heteroatoms. The molecule has 0 aliphatic rings. The van der Waals surface area contributed by atoms with E-state index in [0.29, 0.717) is 5.56 Å². The molecule has 82 valence electrons. The number of nitrogens with zero attached hydrogens (tertiary/aromatic N) is 1. The molecule has 1 aromatic rings. The van der Waals surface area contributed by atoms with Crippen molar-refractivity contribution in [3.63, 3.8) is 0 Å². The molecular weight excluding hydrogens is 258 g/mol. The number of carboxylic acids is 1. The van der Waals surface area contributed by atoms with Crippen molar-refractivity contribution in [2.24, 2.45) is 0 Å². The highest BCUT2D eigenvalue weighted by atomic mass is 79.9. The second kappa shape index (κ2) is 5.16. The zero-order chi connectivity index (χ0) is 11.4. The summed E-state index contributed by atoms with van der Waals surface area (Å²) in [6.45, 7) is 5.81. The van der Waals surface area contributed by atoms with Crippen molar-refractivity contribution < 1.29 is 9.90 Å². The van der Waals surface area contributed by atoms with Crippen LogP contribution in [0.2, 0.25) is 0 Å². The fourth-order valence-electron chi connectivity index (χ4n) is 1.45. The SMILES string of the molecule is CCN(CC)c1cc(C(=O)O)ccc1Br. The molecule has 1 rings (SSSR count). The lowest BCUT2D eigenvalue weighted by Gasteiger charge is -2.22. The average Bonchev–Trinajstić information content (AvgIpc) is 2.22. The molecule has 0 spiro atoms. The van der Waals surface area contributed by atoms with Gasteiger partial charge in [-0.1, -0.05) is 0 Å². The highest BCUT2D eigenvalue weighted by Gasteiger charge is 2.10. The molecule has 15 heavy (non-hydrogen) atoms. The van der Waals surface area contributed by atoms with Gasteiger partial charge in [0.2, 0.25) is 0 Å². The lowest BCUT2D eigenvalue weighted by atomic mass is 10.2. The molecule has 0 fully saturated rings. The van der Waals surface area contributed by atoms with Crippen LogP contribution in [0.15, 0.2) is 22.7 Å². The third-order valence-corrected chi connectivity index (χ3v) is 2.97. The van der Waals surface area contributed by atoms with Crippen LogP contribution in [-0.4, -0.2) is 24.2 Å². The summed E-state index contributed by atoms with van der Waals surface area (Å²) >= 11 is 3.43. The Bertz CT molecular complexity index is 362. The standard InChI is InChI=1S/C11H14BrNO2/c1-3-13(4-2)10-7-8(11(14)15)5-6-9(10)12/h5-7H,3-4H2,1-2H3,(H,14,15). The van der Waals surface area contributed by atoms with Gasteiger partial charge < -0.3 is 10.0 Å². The average molecular weight is 272 g/mol. The summed E-state index contributed by atoms with van der Waals surface area (Å²) in [5.74, 6) is -0.893. The summed E-state index contributed by atoms with van der Waals surface area (Å²) in [5.41, 5.74) is 1.25. The molecule has 0 radical (unpaired) electrons. The van der Waals surface area contributed by atoms with Gasteiger partial charge in [-0.25, -0.2) is 4.79 Å². The van der Waals surface area contributed by atoms with E-state index in [-0.39, 0.29) is 0 Å². The molecular formula is C11H14BrNO2. The van der Waals surface area contributed by atoms with Gasteiger partial charge in [-0.15, -0.1) is 0 Å². The Hall–Kier alpha value is -1.03. The van der Waals surface area contributed by atoms with Gasteiger partial charge >= 0.3 is 5.97 Å². The Balaban J connectivity index is 3.15. The van der Waals surface area contributed by atoms with Crippen LogP contribution in [0, 0.1) is 0 Å². The lowest BCUT2D eigenvalue weighted by molar-refractivity contribution is 0.0697. The maximum absolute atomic E-state index is 10.8. The molecule has 0 aliphatic carbocycles. The molecule has 0 unspecified atom stereocenters. The topological polar surface area (TPSA) is 40.5 Å². The van der Waals surface area contributed by atoms with Gasteiger partial charge in [0.25, 0.3) is 0 Å². The summed E-state index contributed by atoms with van der Waals surface area (Å²) < 4.78 is 0.927. The predicted molar refractivity (Wildman–Crippen MR) is 64.7 cm³/mol. The third-order valence-electron chi connectivity index (χ3n) is 2.30. The largest absolute Gasteiger partial charge is 0.478 e. The van der Waals surface area contributed by atoms with E-state index in [1.807, 2.05) is 13.8 Å². The Morgan fingerprint density at radius 1 is 1.40 bits per heavy atom. The van der Waals surface area contributed by atoms with E-state index >= 15 is 0 Å². The quantitative estimate of drug-likeness (QED) is 0.916. The molecule has 1 N–H and O–H groups in total. The van der Waals surface area contributed by atoms with Gasteiger partial charge in [-0.2, -0.15) is 0 Å². The number of rotatable bonds is 4. The van der Waals surface area contributed by atoms with Gasteiger partial charge in [0.05, 0.1) is 11.3 Å². The van der Waals surface area contributed by atoms with E-state index in [4.69, 9.17) is 5.11 Å². The maximum atomic E-state index is 10.8. The molecule has 3 nitrogen and oxygen atoms in total. The minimum absolute atomic E-state index is 0.320. The number of benzene rings is 1. The van der Waals surface area contributed by atoms with Crippen LogP contribution in [0.5, 0.6) is 0 Å². The van der Waals surface area contributed by atoms with Crippen LogP contribution in [0.4, 0.5) is 5.69 Å². The molecule has 0 bridgehead atoms. The van der Waals surface area contributed by atoms with Crippen LogP contribution in [-0.2, 0) is 0 Å². The monoisotopic (exact) mass is 271 g/mol. The van der Waals surface area contributed by atoms with E-state index in [1.165, 1.54) is 0 Å². The van der Waals surface area contributed by atoms with Crippen molar-refractivity contribution in [2.45, 2.75) is 13.8 Å². The Labute approximate surface area is 97.8 Å². The molecule has 0 amide bonds. The molecule has 0 aromatic heterocycles. The van der Waals surface area contributed by atoms with Crippen molar-refractivity contribution in [1.29, 1.82) is 0 Å². The second-order valence-electron chi connectivity index (χ2n) is 3.14. The first-order valence-electron chi connectivity index (χ1n) is 4.88. The van der Waals surface area contributed by atoms with Crippen LogP contribution < -0.4 is 4.90 Å². The second-order valence-corrected chi connectivity index (χ2v) is 4.00. The van der Waals surface area contributed by atoms with Crippen LogP contribution >= 0.6 is 15.9 Å². The van der Waals surface area contributed by atoms with Gasteiger partial charge in [-0.05, 0) is 48.0 Å². The number of hydrogen-bond donors (Lipinski definition) is 1. The number of hydrogen-bond acceptors (Lipinski definition) is 2. The van der Waals surface area contributed by atoms with E-state index in [9.17, 15) is 4.79 Å². The molecule has 0 saturated carbocycles. The van der Waals surface area contributed by atoms with Crippen molar-refractivity contribution >= 4 is 27.6 Å².